The predicted molar refractivity (Wildman–Crippen MR) is 107 cm³/mol. The Morgan fingerprint density at radius 1 is 1.23 bits per heavy atom. The third-order valence-corrected chi connectivity index (χ3v) is 8.26. The second-order valence-electron chi connectivity index (χ2n) is 6.71. The molecule has 1 fully saturated rings. The van der Waals surface area contributed by atoms with E-state index >= 15 is 0 Å². The Morgan fingerprint density at radius 2 is 1.87 bits per heavy atom. The fourth-order valence-corrected chi connectivity index (χ4v) is 5.75. The van der Waals surface area contributed by atoms with Gasteiger partial charge in [-0.1, -0.05) is 18.5 Å². The summed E-state index contributed by atoms with van der Waals surface area (Å²) in [7, 11) is -4.16. The number of amides is 1. The molecule has 1 saturated heterocycles. The lowest BCUT2D eigenvalue weighted by Gasteiger charge is -2.34. The van der Waals surface area contributed by atoms with E-state index in [-0.39, 0.29) is 32.1 Å². The molecule has 0 unspecified atom stereocenters. The maximum absolute atomic E-state index is 13.1. The highest BCUT2D eigenvalue weighted by Crippen LogP contribution is 2.36. The van der Waals surface area contributed by atoms with Gasteiger partial charge in [-0.15, -0.1) is 11.3 Å². The number of thiazole rings is 1. The summed E-state index contributed by atoms with van der Waals surface area (Å²) in [5.41, 5.74) is -0.566. The molecular formula is C18H19ClF3N3O3S2. The minimum atomic E-state index is -4.77. The summed E-state index contributed by atoms with van der Waals surface area (Å²) in [6, 6.07) is 2.52. The van der Waals surface area contributed by atoms with E-state index in [2.05, 4.69) is 4.98 Å². The van der Waals surface area contributed by atoms with Crippen LogP contribution in [-0.4, -0.2) is 54.7 Å². The zero-order valence-corrected chi connectivity index (χ0v) is 18.6. The third kappa shape index (κ3) is 4.48. The first-order valence-electron chi connectivity index (χ1n) is 9.07. The van der Waals surface area contributed by atoms with E-state index in [1.807, 2.05) is 6.92 Å². The third-order valence-electron chi connectivity index (χ3n) is 4.74. The van der Waals surface area contributed by atoms with Crippen molar-refractivity contribution in [3.8, 4) is 0 Å². The van der Waals surface area contributed by atoms with Gasteiger partial charge in [0.15, 0.2) is 0 Å². The number of aryl methyl sites for hydroxylation is 2. The molecule has 0 bridgehead atoms. The molecule has 0 atom stereocenters. The summed E-state index contributed by atoms with van der Waals surface area (Å²) in [5.74, 6) is -0.215. The van der Waals surface area contributed by atoms with Crippen molar-refractivity contribution in [2.75, 3.05) is 26.2 Å². The molecule has 1 aliphatic heterocycles. The summed E-state index contributed by atoms with van der Waals surface area (Å²) in [6.45, 7) is 3.93. The lowest BCUT2D eigenvalue weighted by atomic mass is 10.2. The molecule has 1 aromatic heterocycles. The van der Waals surface area contributed by atoms with Crippen LogP contribution in [0, 0.1) is 6.92 Å². The molecule has 1 aromatic carbocycles. The van der Waals surface area contributed by atoms with Gasteiger partial charge >= 0.3 is 6.18 Å². The number of piperazine rings is 1. The number of aromatic nitrogens is 1. The largest absolute Gasteiger partial charge is 0.417 e. The first kappa shape index (κ1) is 23.0. The SMILES string of the molecule is CCc1nc(C)c(C(=O)N2CCN(S(=O)(=O)c3ccc(Cl)c(C(F)(F)F)c3)CC2)s1. The molecule has 30 heavy (non-hydrogen) atoms. The second-order valence-corrected chi connectivity index (χ2v) is 10.1. The van der Waals surface area contributed by atoms with Crippen molar-refractivity contribution < 1.29 is 26.4 Å². The summed E-state index contributed by atoms with van der Waals surface area (Å²) in [4.78, 5) is 18.7. The molecule has 6 nitrogen and oxygen atoms in total. The predicted octanol–water partition coefficient (Wildman–Crippen LogP) is 3.83. The van der Waals surface area contributed by atoms with Gasteiger partial charge in [0.25, 0.3) is 5.91 Å². The van der Waals surface area contributed by atoms with Crippen molar-refractivity contribution in [1.29, 1.82) is 0 Å². The summed E-state index contributed by atoms with van der Waals surface area (Å²) in [5, 5.41) is 0.281. The molecule has 3 rings (SSSR count). The van der Waals surface area contributed by atoms with Crippen LogP contribution in [0.1, 0.15) is 32.9 Å². The van der Waals surface area contributed by atoms with Crippen molar-refractivity contribution in [1.82, 2.24) is 14.2 Å². The van der Waals surface area contributed by atoms with Crippen LogP contribution in [0.2, 0.25) is 5.02 Å². The first-order chi connectivity index (χ1) is 13.9. The number of carbonyl (C=O) groups is 1. The quantitative estimate of drug-likeness (QED) is 0.665. The van der Waals surface area contributed by atoms with Crippen LogP contribution in [0.15, 0.2) is 23.1 Å². The van der Waals surface area contributed by atoms with Gasteiger partial charge in [0.05, 0.1) is 26.2 Å². The van der Waals surface area contributed by atoms with Gasteiger partial charge in [-0.3, -0.25) is 4.79 Å². The van der Waals surface area contributed by atoms with Crippen LogP contribution in [0.3, 0.4) is 0 Å². The van der Waals surface area contributed by atoms with Crippen LogP contribution in [0.5, 0.6) is 0 Å². The van der Waals surface area contributed by atoms with Crippen LogP contribution in [-0.2, 0) is 22.6 Å². The molecule has 0 aliphatic carbocycles. The first-order valence-corrected chi connectivity index (χ1v) is 11.7. The molecule has 0 spiro atoms. The van der Waals surface area contributed by atoms with Gasteiger partial charge in [-0.05, 0) is 31.5 Å². The molecule has 0 N–H and O–H groups in total. The maximum atomic E-state index is 13.1. The van der Waals surface area contributed by atoms with Crippen LogP contribution < -0.4 is 0 Å². The van der Waals surface area contributed by atoms with E-state index < -0.39 is 31.7 Å². The Kier molecular flexibility index (Phi) is 6.47. The normalized spacial score (nSPS) is 16.1. The zero-order valence-electron chi connectivity index (χ0n) is 16.2. The molecule has 2 aromatic rings. The highest BCUT2D eigenvalue weighted by molar-refractivity contribution is 7.89. The Balaban J connectivity index is 1.75. The fourth-order valence-electron chi connectivity index (χ4n) is 3.11. The number of hydrogen-bond acceptors (Lipinski definition) is 5. The topological polar surface area (TPSA) is 70.6 Å². The second kappa shape index (κ2) is 8.45. The Bertz CT molecular complexity index is 1060. The average molecular weight is 482 g/mol. The molecule has 12 heteroatoms. The molecule has 1 aliphatic rings. The summed E-state index contributed by atoms with van der Waals surface area (Å²) >= 11 is 6.89. The maximum Gasteiger partial charge on any atom is 0.417 e. The summed E-state index contributed by atoms with van der Waals surface area (Å²) < 4.78 is 66.0. The number of nitrogens with zero attached hydrogens (tertiary/aromatic N) is 3. The number of halogens is 4. The Morgan fingerprint density at radius 3 is 2.40 bits per heavy atom. The van der Waals surface area contributed by atoms with Gasteiger partial charge in [-0.25, -0.2) is 13.4 Å². The van der Waals surface area contributed by atoms with E-state index in [9.17, 15) is 26.4 Å². The van der Waals surface area contributed by atoms with Gasteiger partial charge < -0.3 is 4.90 Å². The summed E-state index contributed by atoms with van der Waals surface area (Å²) in [6.07, 6.45) is -4.05. The van der Waals surface area contributed by atoms with Crippen molar-refractivity contribution in [3.05, 3.63) is 44.4 Å². The number of carbonyl (C=O) groups excluding carboxylic acids is 1. The van der Waals surface area contributed by atoms with Crippen LogP contribution >= 0.6 is 22.9 Å². The molecule has 1 amide bonds. The van der Waals surface area contributed by atoms with Crippen LogP contribution in [0.25, 0.3) is 0 Å². The number of hydrogen-bond donors (Lipinski definition) is 0. The van der Waals surface area contributed by atoms with Crippen molar-refractivity contribution in [3.63, 3.8) is 0 Å². The van der Waals surface area contributed by atoms with Gasteiger partial charge in [0.1, 0.15) is 4.88 Å². The lowest BCUT2D eigenvalue weighted by molar-refractivity contribution is -0.137. The number of alkyl halides is 3. The zero-order chi connectivity index (χ0) is 22.3. The monoisotopic (exact) mass is 481 g/mol. The highest BCUT2D eigenvalue weighted by atomic mass is 35.5. The lowest BCUT2D eigenvalue weighted by Crippen LogP contribution is -2.50. The Labute approximate surface area is 181 Å². The minimum absolute atomic E-state index is 0.0173. The highest BCUT2D eigenvalue weighted by Gasteiger charge is 2.36. The average Bonchev–Trinajstić information content (AvgIpc) is 3.07. The van der Waals surface area contributed by atoms with E-state index in [1.54, 1.807) is 6.92 Å². The van der Waals surface area contributed by atoms with E-state index in [0.717, 1.165) is 21.4 Å². The minimum Gasteiger partial charge on any atom is -0.335 e. The van der Waals surface area contributed by atoms with Gasteiger partial charge in [-0.2, -0.15) is 17.5 Å². The Hall–Kier alpha value is -1.69. The van der Waals surface area contributed by atoms with Crippen molar-refractivity contribution in [2.45, 2.75) is 31.3 Å². The van der Waals surface area contributed by atoms with Gasteiger partial charge in [0.2, 0.25) is 10.0 Å². The van der Waals surface area contributed by atoms with E-state index in [1.165, 1.54) is 16.2 Å². The molecule has 164 valence electrons. The smallest absolute Gasteiger partial charge is 0.335 e. The molecular weight excluding hydrogens is 463 g/mol. The van der Waals surface area contributed by atoms with E-state index in [4.69, 9.17) is 11.6 Å². The van der Waals surface area contributed by atoms with Crippen LogP contribution in [0.4, 0.5) is 13.2 Å². The molecule has 0 radical (unpaired) electrons. The standard InChI is InChI=1S/C18H19ClF3N3O3S2/c1-3-15-23-11(2)16(29-15)17(26)24-6-8-25(9-7-24)30(27,28)12-4-5-14(19)13(10-12)18(20,21)22/h4-5,10H,3,6-9H2,1-2H3. The van der Waals surface area contributed by atoms with Gasteiger partial charge in [0, 0.05) is 26.2 Å². The number of benzene rings is 1. The molecule has 2 heterocycles. The molecule has 0 saturated carbocycles. The van der Waals surface area contributed by atoms with Crippen molar-refractivity contribution in [2.24, 2.45) is 0 Å². The number of rotatable bonds is 4. The van der Waals surface area contributed by atoms with E-state index in [0.29, 0.717) is 23.1 Å². The fraction of sp³-hybridized carbons (Fsp3) is 0.444. The number of sulfonamides is 1. The van der Waals surface area contributed by atoms with Crippen molar-refractivity contribution >= 4 is 38.9 Å².